The Bertz CT molecular complexity index is 797. The first-order valence-corrected chi connectivity index (χ1v) is 11.7. The van der Waals surface area contributed by atoms with Crippen molar-refractivity contribution in [2.75, 3.05) is 13.7 Å². The van der Waals surface area contributed by atoms with Gasteiger partial charge in [0.1, 0.15) is 6.10 Å². The number of hydrogen-bond acceptors (Lipinski definition) is 5. The molecule has 27 heavy (non-hydrogen) atoms. The third-order valence-corrected chi connectivity index (χ3v) is 9.06. The molecule has 1 spiro atoms. The third-order valence-electron chi connectivity index (χ3n) is 7.51. The average Bonchev–Trinajstić information content (AvgIpc) is 2.95. The van der Waals surface area contributed by atoms with Gasteiger partial charge in [0.05, 0.1) is 17.0 Å². The van der Waals surface area contributed by atoms with E-state index in [1.807, 2.05) is 7.05 Å². The smallest absolute Gasteiger partial charge is 0.293 e. The molecule has 5 aliphatic rings. The molecule has 7 heteroatoms. The lowest BCUT2D eigenvalue weighted by molar-refractivity contribution is -0.229. The van der Waals surface area contributed by atoms with Gasteiger partial charge in [-0.2, -0.15) is 13.5 Å². The summed E-state index contributed by atoms with van der Waals surface area (Å²) >= 11 is 5.84. The van der Waals surface area contributed by atoms with Gasteiger partial charge >= 0.3 is 0 Å². The number of hydroxylamine groups is 2. The van der Waals surface area contributed by atoms with Crippen LogP contribution < -0.4 is 0 Å². The van der Waals surface area contributed by atoms with Gasteiger partial charge in [-0.05, 0) is 86.5 Å². The molecule has 4 saturated carbocycles. The van der Waals surface area contributed by atoms with Crippen LogP contribution in [0, 0.1) is 23.7 Å². The van der Waals surface area contributed by atoms with Gasteiger partial charge in [0.25, 0.3) is 10.1 Å². The standard InChI is InChI=1S/C20H26ClNO4S/c1-22-20(15-7-13-6-14(9-15)10-16(20)8-13)11-18(26-22)12-25-27(23,24)19-4-2-17(21)3-5-19/h2-5,13-16,18H,6-12H2,1H3. The van der Waals surface area contributed by atoms with Crippen LogP contribution in [0.2, 0.25) is 5.02 Å². The van der Waals surface area contributed by atoms with E-state index in [1.54, 1.807) is 12.1 Å². The summed E-state index contributed by atoms with van der Waals surface area (Å²) in [5.74, 6) is 3.15. The summed E-state index contributed by atoms with van der Waals surface area (Å²) in [5.41, 5.74) is 0.0749. The van der Waals surface area contributed by atoms with E-state index < -0.39 is 10.1 Å². The Morgan fingerprint density at radius 1 is 1.11 bits per heavy atom. The lowest BCUT2D eigenvalue weighted by Gasteiger charge is -2.61. The normalized spacial score (nSPS) is 40.9. The fraction of sp³-hybridized carbons (Fsp3) is 0.700. The van der Waals surface area contributed by atoms with Gasteiger partial charge in [0.2, 0.25) is 0 Å². The van der Waals surface area contributed by atoms with Crippen LogP contribution in [-0.4, -0.2) is 38.8 Å². The van der Waals surface area contributed by atoms with Gasteiger partial charge in [0, 0.05) is 12.1 Å². The second kappa shape index (κ2) is 6.42. The van der Waals surface area contributed by atoms with Crippen LogP contribution >= 0.6 is 11.6 Å². The van der Waals surface area contributed by atoms with Crippen LogP contribution in [0.1, 0.15) is 38.5 Å². The summed E-state index contributed by atoms with van der Waals surface area (Å²) in [6.45, 7) is 0.0589. The minimum atomic E-state index is -3.80. The molecule has 1 saturated heterocycles. The summed E-state index contributed by atoms with van der Waals surface area (Å²) in [5, 5.41) is 2.57. The van der Waals surface area contributed by atoms with Crippen LogP contribution in [0.25, 0.3) is 0 Å². The van der Waals surface area contributed by atoms with Gasteiger partial charge in [-0.1, -0.05) is 11.6 Å². The van der Waals surface area contributed by atoms with Crippen molar-refractivity contribution in [2.45, 2.75) is 55.1 Å². The van der Waals surface area contributed by atoms with Crippen molar-refractivity contribution >= 4 is 21.7 Å². The second-order valence-electron chi connectivity index (χ2n) is 8.92. The molecule has 1 heterocycles. The third kappa shape index (κ3) is 2.96. The molecule has 1 aliphatic heterocycles. The first-order valence-electron chi connectivity index (χ1n) is 9.92. The molecule has 5 nitrogen and oxygen atoms in total. The summed E-state index contributed by atoms with van der Waals surface area (Å²) < 4.78 is 30.3. The number of rotatable bonds is 4. The highest BCUT2D eigenvalue weighted by Crippen LogP contribution is 2.62. The van der Waals surface area contributed by atoms with E-state index in [0.717, 1.165) is 18.3 Å². The molecule has 4 bridgehead atoms. The van der Waals surface area contributed by atoms with E-state index in [0.29, 0.717) is 16.9 Å². The van der Waals surface area contributed by atoms with Gasteiger partial charge in [-0.15, -0.1) is 0 Å². The highest BCUT2D eigenvalue weighted by molar-refractivity contribution is 7.86. The van der Waals surface area contributed by atoms with E-state index in [2.05, 4.69) is 5.06 Å². The maximum atomic E-state index is 12.5. The fourth-order valence-corrected chi connectivity index (χ4v) is 7.69. The molecule has 5 fully saturated rings. The molecule has 0 radical (unpaired) electrons. The maximum Gasteiger partial charge on any atom is 0.297 e. The van der Waals surface area contributed by atoms with Crippen LogP contribution in [0.3, 0.4) is 0 Å². The highest BCUT2D eigenvalue weighted by Gasteiger charge is 2.62. The molecule has 0 amide bonds. The summed E-state index contributed by atoms with van der Waals surface area (Å²) in [6, 6.07) is 6.06. The number of nitrogens with zero attached hydrogens (tertiary/aromatic N) is 1. The van der Waals surface area contributed by atoms with Crippen LogP contribution in [0.4, 0.5) is 0 Å². The van der Waals surface area contributed by atoms with Crippen molar-refractivity contribution in [3.63, 3.8) is 0 Å². The number of halogens is 1. The lowest BCUT2D eigenvalue weighted by Crippen LogP contribution is -2.62. The zero-order valence-corrected chi connectivity index (χ0v) is 17.1. The quantitative estimate of drug-likeness (QED) is 0.704. The van der Waals surface area contributed by atoms with Gasteiger partial charge in [-0.25, -0.2) is 0 Å². The molecule has 0 aromatic heterocycles. The minimum absolute atomic E-state index is 0.0589. The molecule has 1 unspecified atom stereocenters. The Kier molecular flexibility index (Phi) is 4.37. The first-order chi connectivity index (χ1) is 12.9. The number of hydrogen-bond donors (Lipinski definition) is 0. The highest BCUT2D eigenvalue weighted by atomic mass is 35.5. The molecule has 0 N–H and O–H groups in total. The molecule has 148 valence electrons. The Morgan fingerprint density at radius 2 is 1.70 bits per heavy atom. The minimum Gasteiger partial charge on any atom is -0.293 e. The second-order valence-corrected chi connectivity index (χ2v) is 11.0. The van der Waals surface area contributed by atoms with E-state index in [-0.39, 0.29) is 23.1 Å². The molecule has 1 aromatic rings. The summed E-state index contributed by atoms with van der Waals surface area (Å²) in [7, 11) is -1.76. The SMILES string of the molecule is CN1OC(COS(=O)(=O)c2ccc(Cl)cc2)CC12C1CC3CC(C1)CC2C3. The van der Waals surface area contributed by atoms with E-state index >= 15 is 0 Å². The molecule has 6 rings (SSSR count). The van der Waals surface area contributed by atoms with Crippen molar-refractivity contribution in [2.24, 2.45) is 23.7 Å². The Morgan fingerprint density at radius 3 is 2.30 bits per heavy atom. The summed E-state index contributed by atoms with van der Waals surface area (Å²) in [4.78, 5) is 6.24. The monoisotopic (exact) mass is 411 g/mol. The van der Waals surface area contributed by atoms with Crippen molar-refractivity contribution in [1.29, 1.82) is 0 Å². The molecular formula is C20H26ClNO4S. The molecule has 1 aromatic carbocycles. The van der Waals surface area contributed by atoms with E-state index in [4.69, 9.17) is 20.6 Å². The Labute approximate surface area is 166 Å². The maximum absolute atomic E-state index is 12.5. The zero-order chi connectivity index (χ0) is 18.8. The summed E-state index contributed by atoms with van der Waals surface area (Å²) in [6.07, 6.45) is 7.28. The topological polar surface area (TPSA) is 55.8 Å². The fourth-order valence-electron chi connectivity index (χ4n) is 6.62. The number of benzene rings is 1. The lowest BCUT2D eigenvalue weighted by atomic mass is 9.47. The van der Waals surface area contributed by atoms with Gasteiger partial charge < -0.3 is 0 Å². The largest absolute Gasteiger partial charge is 0.297 e. The van der Waals surface area contributed by atoms with Crippen molar-refractivity contribution < 1.29 is 17.4 Å². The molecule has 4 aliphatic carbocycles. The predicted octanol–water partition coefficient (Wildman–Crippen LogP) is 3.88. The Hall–Kier alpha value is -0.660. The van der Waals surface area contributed by atoms with E-state index in [1.165, 1.54) is 44.2 Å². The van der Waals surface area contributed by atoms with Gasteiger partial charge in [0.15, 0.2) is 0 Å². The van der Waals surface area contributed by atoms with E-state index in [9.17, 15) is 8.42 Å². The molecular weight excluding hydrogens is 386 g/mol. The average molecular weight is 412 g/mol. The first kappa shape index (κ1) is 18.4. The van der Waals surface area contributed by atoms with Crippen LogP contribution in [-0.2, 0) is 19.1 Å². The van der Waals surface area contributed by atoms with Gasteiger partial charge in [-0.3, -0.25) is 9.02 Å². The van der Waals surface area contributed by atoms with Crippen molar-refractivity contribution in [3.8, 4) is 0 Å². The van der Waals surface area contributed by atoms with Crippen molar-refractivity contribution in [1.82, 2.24) is 5.06 Å². The molecule has 1 atom stereocenters. The van der Waals surface area contributed by atoms with Crippen molar-refractivity contribution in [3.05, 3.63) is 29.3 Å². The Balaban J connectivity index is 1.29. The zero-order valence-electron chi connectivity index (χ0n) is 15.5. The predicted molar refractivity (Wildman–Crippen MR) is 102 cm³/mol. The van der Waals surface area contributed by atoms with Crippen LogP contribution in [0.5, 0.6) is 0 Å². The van der Waals surface area contributed by atoms with Crippen LogP contribution in [0.15, 0.2) is 29.2 Å².